The van der Waals surface area contributed by atoms with Crippen molar-refractivity contribution in [1.82, 2.24) is 5.32 Å². The molecule has 1 aliphatic rings. The van der Waals surface area contributed by atoms with Crippen molar-refractivity contribution in [2.24, 2.45) is 0 Å². The smallest absolute Gasteiger partial charge is 0.0575 e. The van der Waals surface area contributed by atoms with Gasteiger partial charge in [0.25, 0.3) is 0 Å². The maximum absolute atomic E-state index is 5.95. The molecule has 0 heterocycles. The van der Waals surface area contributed by atoms with Crippen LogP contribution >= 0.6 is 15.9 Å². The topological polar surface area (TPSA) is 21.3 Å². The van der Waals surface area contributed by atoms with E-state index in [9.17, 15) is 0 Å². The molecule has 0 aliphatic heterocycles. The normalized spacial score (nSPS) is 17.8. The number of nitrogens with one attached hydrogen (secondary N) is 1. The van der Waals surface area contributed by atoms with Gasteiger partial charge >= 0.3 is 0 Å². The Labute approximate surface area is 137 Å². The van der Waals surface area contributed by atoms with Crippen molar-refractivity contribution in [2.45, 2.75) is 64.0 Å². The summed E-state index contributed by atoms with van der Waals surface area (Å²) in [4.78, 5) is 0. The van der Waals surface area contributed by atoms with Gasteiger partial charge in [-0.2, -0.15) is 0 Å². The lowest BCUT2D eigenvalue weighted by atomic mass is 9.98. The van der Waals surface area contributed by atoms with Crippen LogP contribution in [-0.2, 0) is 11.2 Å². The minimum absolute atomic E-state index is 0.515. The van der Waals surface area contributed by atoms with E-state index in [0.29, 0.717) is 12.1 Å². The lowest BCUT2D eigenvalue weighted by molar-refractivity contribution is 0.0271. The molecule has 0 saturated heterocycles. The van der Waals surface area contributed by atoms with Gasteiger partial charge in [0.05, 0.1) is 6.10 Å². The minimum atomic E-state index is 0.515. The van der Waals surface area contributed by atoms with E-state index in [1.807, 2.05) is 0 Å². The van der Waals surface area contributed by atoms with Crippen LogP contribution < -0.4 is 5.32 Å². The van der Waals surface area contributed by atoms with Gasteiger partial charge in [-0.15, -0.1) is 0 Å². The second-order valence-corrected chi connectivity index (χ2v) is 7.09. The van der Waals surface area contributed by atoms with E-state index >= 15 is 0 Å². The molecule has 3 heteroatoms. The number of hydrogen-bond donors (Lipinski definition) is 1. The van der Waals surface area contributed by atoms with Crippen LogP contribution in [0, 0.1) is 0 Å². The third-order valence-electron chi connectivity index (χ3n) is 4.17. The average Bonchev–Trinajstić information content (AvgIpc) is 2.50. The highest BCUT2D eigenvalue weighted by atomic mass is 79.9. The zero-order chi connectivity index (χ0) is 14.9. The third kappa shape index (κ3) is 6.94. The SMILES string of the molecule is CC(Cc1ccc(Br)cc1)NCCCOC1CCCCC1. The maximum Gasteiger partial charge on any atom is 0.0575 e. The summed E-state index contributed by atoms with van der Waals surface area (Å²) in [5.41, 5.74) is 1.39. The van der Waals surface area contributed by atoms with Gasteiger partial charge in [-0.05, 0) is 56.8 Å². The zero-order valence-electron chi connectivity index (χ0n) is 13.1. The van der Waals surface area contributed by atoms with E-state index in [4.69, 9.17) is 4.74 Å². The monoisotopic (exact) mass is 353 g/mol. The number of hydrogen-bond acceptors (Lipinski definition) is 2. The second-order valence-electron chi connectivity index (χ2n) is 6.17. The molecule has 1 fully saturated rings. The van der Waals surface area contributed by atoms with Crippen LogP contribution in [0.15, 0.2) is 28.7 Å². The van der Waals surface area contributed by atoms with Gasteiger partial charge < -0.3 is 10.1 Å². The van der Waals surface area contributed by atoms with Crippen molar-refractivity contribution in [3.05, 3.63) is 34.3 Å². The van der Waals surface area contributed by atoms with E-state index in [2.05, 4.69) is 52.4 Å². The zero-order valence-corrected chi connectivity index (χ0v) is 14.7. The molecule has 2 rings (SSSR count). The van der Waals surface area contributed by atoms with E-state index in [1.54, 1.807) is 0 Å². The number of benzene rings is 1. The van der Waals surface area contributed by atoms with Crippen LogP contribution in [-0.4, -0.2) is 25.3 Å². The quantitative estimate of drug-likeness (QED) is 0.683. The Bertz CT molecular complexity index is 387. The van der Waals surface area contributed by atoms with Gasteiger partial charge in [0, 0.05) is 17.1 Å². The first-order chi connectivity index (χ1) is 10.2. The minimum Gasteiger partial charge on any atom is -0.378 e. The van der Waals surface area contributed by atoms with Crippen LogP contribution in [0.5, 0.6) is 0 Å². The predicted molar refractivity (Wildman–Crippen MR) is 92.8 cm³/mol. The third-order valence-corrected chi connectivity index (χ3v) is 4.70. The summed E-state index contributed by atoms with van der Waals surface area (Å²) in [5.74, 6) is 0. The first-order valence-electron chi connectivity index (χ1n) is 8.33. The molecule has 0 radical (unpaired) electrons. The largest absolute Gasteiger partial charge is 0.378 e. The Morgan fingerprint density at radius 2 is 1.90 bits per heavy atom. The van der Waals surface area contributed by atoms with Crippen LogP contribution in [0.3, 0.4) is 0 Å². The first kappa shape index (κ1) is 17.0. The second kappa shape index (κ2) is 9.60. The Balaban J connectivity index is 1.52. The molecule has 21 heavy (non-hydrogen) atoms. The van der Waals surface area contributed by atoms with E-state index in [1.165, 1.54) is 37.7 Å². The van der Waals surface area contributed by atoms with Crippen LogP contribution in [0.2, 0.25) is 0 Å². The van der Waals surface area contributed by atoms with Gasteiger partial charge in [0.15, 0.2) is 0 Å². The fourth-order valence-electron chi connectivity index (χ4n) is 2.95. The van der Waals surface area contributed by atoms with Crippen molar-refractivity contribution in [3.8, 4) is 0 Å². The summed E-state index contributed by atoms with van der Waals surface area (Å²) in [5, 5.41) is 3.59. The Kier molecular flexibility index (Phi) is 7.76. The number of rotatable bonds is 8. The molecule has 1 saturated carbocycles. The molecule has 1 aliphatic carbocycles. The Morgan fingerprint density at radius 1 is 1.19 bits per heavy atom. The first-order valence-corrected chi connectivity index (χ1v) is 9.13. The summed E-state index contributed by atoms with van der Waals surface area (Å²) in [7, 11) is 0. The van der Waals surface area contributed by atoms with Crippen LogP contribution in [0.1, 0.15) is 51.0 Å². The lowest BCUT2D eigenvalue weighted by Gasteiger charge is -2.22. The molecule has 118 valence electrons. The van der Waals surface area contributed by atoms with Gasteiger partial charge in [-0.1, -0.05) is 47.3 Å². The van der Waals surface area contributed by atoms with E-state index < -0.39 is 0 Å². The molecule has 1 aromatic carbocycles. The molecule has 0 bridgehead atoms. The van der Waals surface area contributed by atoms with Crippen molar-refractivity contribution in [2.75, 3.05) is 13.2 Å². The fraction of sp³-hybridized carbons (Fsp3) is 0.667. The van der Waals surface area contributed by atoms with Gasteiger partial charge in [0.2, 0.25) is 0 Å². The van der Waals surface area contributed by atoms with Gasteiger partial charge in [0.1, 0.15) is 0 Å². The summed E-state index contributed by atoms with van der Waals surface area (Å²) < 4.78 is 7.10. The summed E-state index contributed by atoms with van der Waals surface area (Å²) in [6, 6.07) is 9.11. The Hall–Kier alpha value is -0.380. The molecule has 2 nitrogen and oxygen atoms in total. The molecule has 1 atom stereocenters. The molecule has 1 N–H and O–H groups in total. The molecular weight excluding hydrogens is 326 g/mol. The van der Waals surface area contributed by atoms with Gasteiger partial charge in [-0.3, -0.25) is 0 Å². The summed E-state index contributed by atoms with van der Waals surface area (Å²) in [6.07, 6.45) is 9.38. The molecular formula is C18H28BrNO. The Morgan fingerprint density at radius 3 is 2.62 bits per heavy atom. The highest BCUT2D eigenvalue weighted by molar-refractivity contribution is 9.10. The predicted octanol–water partition coefficient (Wildman–Crippen LogP) is 4.71. The van der Waals surface area contributed by atoms with Crippen LogP contribution in [0.4, 0.5) is 0 Å². The van der Waals surface area contributed by atoms with Crippen molar-refractivity contribution in [3.63, 3.8) is 0 Å². The highest BCUT2D eigenvalue weighted by Gasteiger charge is 2.13. The highest BCUT2D eigenvalue weighted by Crippen LogP contribution is 2.20. The van der Waals surface area contributed by atoms with Gasteiger partial charge in [-0.25, -0.2) is 0 Å². The van der Waals surface area contributed by atoms with Crippen molar-refractivity contribution in [1.29, 1.82) is 0 Å². The average molecular weight is 354 g/mol. The summed E-state index contributed by atoms with van der Waals surface area (Å²) >= 11 is 3.47. The standard InChI is InChI=1S/C18H28BrNO/c1-15(14-16-8-10-17(19)11-9-16)20-12-5-13-21-18-6-3-2-4-7-18/h8-11,15,18,20H,2-7,12-14H2,1H3. The van der Waals surface area contributed by atoms with E-state index in [-0.39, 0.29) is 0 Å². The molecule has 1 aromatic rings. The number of halogens is 1. The fourth-order valence-corrected chi connectivity index (χ4v) is 3.21. The van der Waals surface area contributed by atoms with Crippen molar-refractivity contribution < 1.29 is 4.74 Å². The number of ether oxygens (including phenoxy) is 1. The lowest BCUT2D eigenvalue weighted by Crippen LogP contribution is -2.30. The molecule has 0 aromatic heterocycles. The van der Waals surface area contributed by atoms with E-state index in [0.717, 1.165) is 30.5 Å². The molecule has 0 amide bonds. The molecule has 0 spiro atoms. The van der Waals surface area contributed by atoms with Crippen LogP contribution in [0.25, 0.3) is 0 Å². The molecule has 1 unspecified atom stereocenters. The van der Waals surface area contributed by atoms with Crippen molar-refractivity contribution >= 4 is 15.9 Å². The summed E-state index contributed by atoms with van der Waals surface area (Å²) in [6.45, 7) is 4.21. The maximum atomic E-state index is 5.95.